The summed E-state index contributed by atoms with van der Waals surface area (Å²) < 4.78 is 19.3. The fourth-order valence-electron chi connectivity index (χ4n) is 1.77. The molecule has 1 rings (SSSR count). The molecule has 0 saturated heterocycles. The lowest BCUT2D eigenvalue weighted by molar-refractivity contribution is 0.125. The molecule has 0 bridgehead atoms. The number of hydrogen-bond acceptors (Lipinski definition) is 2. The van der Waals surface area contributed by atoms with Crippen LogP contribution in [0.3, 0.4) is 0 Å². The van der Waals surface area contributed by atoms with Gasteiger partial charge in [0.25, 0.3) is 0 Å². The Bertz CT molecular complexity index is 360. The molecule has 4 heteroatoms. The summed E-state index contributed by atoms with van der Waals surface area (Å²) in [6.07, 6.45) is 2.88. The summed E-state index contributed by atoms with van der Waals surface area (Å²) in [6.45, 7) is 3.68. The Morgan fingerprint density at radius 2 is 2.17 bits per heavy atom. The maximum Gasteiger partial charge on any atom is 0.124 e. The lowest BCUT2D eigenvalue weighted by atomic mass is 10.0. The lowest BCUT2D eigenvalue weighted by Crippen LogP contribution is -2.29. The van der Waals surface area contributed by atoms with Crippen molar-refractivity contribution in [3.8, 4) is 0 Å². The van der Waals surface area contributed by atoms with Gasteiger partial charge >= 0.3 is 0 Å². The lowest BCUT2D eigenvalue weighted by Gasteiger charge is -2.17. The Labute approximate surface area is 117 Å². The summed E-state index contributed by atoms with van der Waals surface area (Å²) in [5.41, 5.74) is 1.12. The standard InChI is InChI=1S/C14H21BrFNO/c1-3-7-18-8-6-13(17-2)9-11-4-5-12(16)10-14(11)15/h4-5,10,13,17H,3,6-9H2,1-2H3. The molecule has 1 N–H and O–H groups in total. The SMILES string of the molecule is CCCOCCC(Cc1ccc(F)cc1Br)NC. The van der Waals surface area contributed by atoms with Crippen LogP contribution < -0.4 is 5.32 Å². The van der Waals surface area contributed by atoms with Crippen molar-refractivity contribution in [3.63, 3.8) is 0 Å². The second-order valence-electron chi connectivity index (χ2n) is 4.33. The molecule has 0 aromatic heterocycles. The Balaban J connectivity index is 2.46. The summed E-state index contributed by atoms with van der Waals surface area (Å²) in [6, 6.07) is 5.19. The molecule has 18 heavy (non-hydrogen) atoms. The quantitative estimate of drug-likeness (QED) is 0.740. The van der Waals surface area contributed by atoms with Crippen LogP contribution in [0.1, 0.15) is 25.3 Å². The van der Waals surface area contributed by atoms with Gasteiger partial charge in [0.15, 0.2) is 0 Å². The summed E-state index contributed by atoms with van der Waals surface area (Å²) in [4.78, 5) is 0. The van der Waals surface area contributed by atoms with Gasteiger partial charge in [-0.2, -0.15) is 0 Å². The Morgan fingerprint density at radius 3 is 2.78 bits per heavy atom. The van der Waals surface area contributed by atoms with Crippen LogP contribution in [-0.4, -0.2) is 26.3 Å². The van der Waals surface area contributed by atoms with Crippen LogP contribution in [0.5, 0.6) is 0 Å². The fourth-order valence-corrected chi connectivity index (χ4v) is 2.29. The van der Waals surface area contributed by atoms with Crippen LogP contribution in [-0.2, 0) is 11.2 Å². The Morgan fingerprint density at radius 1 is 1.39 bits per heavy atom. The summed E-state index contributed by atoms with van der Waals surface area (Å²) in [5.74, 6) is -0.210. The summed E-state index contributed by atoms with van der Waals surface area (Å²) in [5, 5.41) is 3.27. The molecule has 0 aliphatic rings. The van der Waals surface area contributed by atoms with Crippen LogP contribution >= 0.6 is 15.9 Å². The molecule has 0 radical (unpaired) electrons. The second-order valence-corrected chi connectivity index (χ2v) is 5.18. The molecule has 0 heterocycles. The van der Waals surface area contributed by atoms with Gasteiger partial charge in [-0.3, -0.25) is 0 Å². The highest BCUT2D eigenvalue weighted by molar-refractivity contribution is 9.10. The minimum absolute atomic E-state index is 0.210. The minimum atomic E-state index is -0.210. The zero-order valence-corrected chi connectivity index (χ0v) is 12.6. The summed E-state index contributed by atoms with van der Waals surface area (Å²) in [7, 11) is 1.95. The van der Waals surface area contributed by atoms with Gasteiger partial charge in [-0.15, -0.1) is 0 Å². The van der Waals surface area contributed by atoms with Crippen molar-refractivity contribution >= 4 is 15.9 Å². The maximum absolute atomic E-state index is 13.0. The first-order valence-corrected chi connectivity index (χ1v) is 7.15. The number of hydrogen-bond donors (Lipinski definition) is 1. The van der Waals surface area contributed by atoms with E-state index in [9.17, 15) is 4.39 Å². The highest BCUT2D eigenvalue weighted by atomic mass is 79.9. The van der Waals surface area contributed by atoms with Crippen LogP contribution in [0.2, 0.25) is 0 Å². The van der Waals surface area contributed by atoms with E-state index < -0.39 is 0 Å². The normalized spacial score (nSPS) is 12.7. The van der Waals surface area contributed by atoms with Gasteiger partial charge in [0.1, 0.15) is 5.82 Å². The first kappa shape index (κ1) is 15.6. The monoisotopic (exact) mass is 317 g/mol. The summed E-state index contributed by atoms with van der Waals surface area (Å²) >= 11 is 3.40. The molecule has 1 atom stereocenters. The van der Waals surface area contributed by atoms with Gasteiger partial charge in [0, 0.05) is 23.7 Å². The van der Waals surface area contributed by atoms with E-state index in [1.807, 2.05) is 13.1 Å². The largest absolute Gasteiger partial charge is 0.381 e. The first-order valence-electron chi connectivity index (χ1n) is 6.36. The maximum atomic E-state index is 13.0. The van der Waals surface area contributed by atoms with Crippen LogP contribution in [0.4, 0.5) is 4.39 Å². The van der Waals surface area contributed by atoms with Gasteiger partial charge < -0.3 is 10.1 Å². The van der Waals surface area contributed by atoms with Gasteiger partial charge in [0.2, 0.25) is 0 Å². The minimum Gasteiger partial charge on any atom is -0.381 e. The fraction of sp³-hybridized carbons (Fsp3) is 0.571. The van der Waals surface area contributed by atoms with Gasteiger partial charge in [-0.25, -0.2) is 4.39 Å². The predicted molar refractivity (Wildman–Crippen MR) is 76.4 cm³/mol. The predicted octanol–water partition coefficient (Wildman–Crippen LogP) is 3.54. The topological polar surface area (TPSA) is 21.3 Å². The number of halogens is 2. The van der Waals surface area contributed by atoms with Gasteiger partial charge in [0.05, 0.1) is 0 Å². The van der Waals surface area contributed by atoms with Crippen molar-refractivity contribution in [2.45, 2.75) is 32.2 Å². The van der Waals surface area contributed by atoms with Crippen molar-refractivity contribution in [2.24, 2.45) is 0 Å². The zero-order chi connectivity index (χ0) is 13.4. The van der Waals surface area contributed by atoms with E-state index in [0.717, 1.165) is 42.5 Å². The molecular weight excluding hydrogens is 297 g/mol. The molecule has 0 saturated carbocycles. The van der Waals surface area contributed by atoms with Crippen molar-refractivity contribution in [1.29, 1.82) is 0 Å². The van der Waals surface area contributed by atoms with E-state index in [2.05, 4.69) is 28.2 Å². The van der Waals surface area contributed by atoms with Crippen LogP contribution in [0.15, 0.2) is 22.7 Å². The third kappa shape index (κ3) is 5.46. The molecule has 1 aromatic rings. The molecule has 102 valence electrons. The number of rotatable bonds is 8. The van der Waals surface area contributed by atoms with E-state index in [-0.39, 0.29) is 5.82 Å². The van der Waals surface area contributed by atoms with E-state index in [1.165, 1.54) is 12.1 Å². The van der Waals surface area contributed by atoms with E-state index in [4.69, 9.17) is 4.74 Å². The van der Waals surface area contributed by atoms with Crippen molar-refractivity contribution in [3.05, 3.63) is 34.1 Å². The third-order valence-corrected chi connectivity index (χ3v) is 3.59. The third-order valence-electron chi connectivity index (χ3n) is 2.85. The highest BCUT2D eigenvalue weighted by Gasteiger charge is 2.10. The molecule has 2 nitrogen and oxygen atoms in total. The Hall–Kier alpha value is -0.450. The average Bonchev–Trinajstić information content (AvgIpc) is 2.35. The average molecular weight is 318 g/mol. The number of nitrogens with one attached hydrogen (secondary N) is 1. The van der Waals surface area contributed by atoms with Gasteiger partial charge in [-0.05, 0) is 44.0 Å². The molecule has 0 spiro atoms. The van der Waals surface area contributed by atoms with Crippen molar-refractivity contribution in [2.75, 3.05) is 20.3 Å². The molecule has 1 unspecified atom stereocenters. The second kappa shape index (κ2) is 8.62. The molecule has 0 amide bonds. The van der Waals surface area contributed by atoms with Gasteiger partial charge in [-0.1, -0.05) is 28.9 Å². The molecule has 1 aromatic carbocycles. The number of benzene rings is 1. The van der Waals surface area contributed by atoms with Crippen molar-refractivity contribution < 1.29 is 9.13 Å². The zero-order valence-electron chi connectivity index (χ0n) is 11.0. The number of likely N-dealkylation sites (N-methyl/N-ethyl adjacent to an activating group) is 1. The van der Waals surface area contributed by atoms with E-state index in [0.29, 0.717) is 6.04 Å². The Kier molecular flexibility index (Phi) is 7.47. The van der Waals surface area contributed by atoms with Crippen molar-refractivity contribution in [1.82, 2.24) is 5.32 Å². The molecule has 0 aliphatic heterocycles. The molecule has 0 fully saturated rings. The van der Waals surface area contributed by atoms with Crippen LogP contribution in [0, 0.1) is 5.82 Å². The number of ether oxygens (including phenoxy) is 1. The van der Waals surface area contributed by atoms with E-state index >= 15 is 0 Å². The van der Waals surface area contributed by atoms with Crippen LogP contribution in [0.25, 0.3) is 0 Å². The van der Waals surface area contributed by atoms with E-state index in [1.54, 1.807) is 0 Å². The first-order chi connectivity index (χ1) is 8.67. The highest BCUT2D eigenvalue weighted by Crippen LogP contribution is 2.20. The molecular formula is C14H21BrFNO. The molecule has 0 aliphatic carbocycles. The smallest absolute Gasteiger partial charge is 0.124 e.